The first-order valence-electron chi connectivity index (χ1n) is 7.32. The summed E-state index contributed by atoms with van der Waals surface area (Å²) in [4.78, 5) is 14.0. The SMILES string of the molecule is C#C[C@@H]1OC(C)(C)OC(C)[C@H]1N(CC)C(=O)OC(C)(C)C. The molecular weight excluding hydrogens is 270 g/mol. The van der Waals surface area contributed by atoms with Gasteiger partial charge in [-0.2, -0.15) is 0 Å². The van der Waals surface area contributed by atoms with E-state index in [4.69, 9.17) is 20.6 Å². The van der Waals surface area contributed by atoms with Crippen LogP contribution in [0.15, 0.2) is 0 Å². The Morgan fingerprint density at radius 1 is 1.38 bits per heavy atom. The lowest BCUT2D eigenvalue weighted by Crippen LogP contribution is -2.61. The number of terminal acetylenes is 1. The van der Waals surface area contributed by atoms with E-state index in [2.05, 4.69) is 5.92 Å². The van der Waals surface area contributed by atoms with Gasteiger partial charge >= 0.3 is 6.09 Å². The molecule has 5 nitrogen and oxygen atoms in total. The number of carbonyl (C=O) groups excluding carboxylic acids is 1. The van der Waals surface area contributed by atoms with Crippen LogP contribution in [0.1, 0.15) is 48.5 Å². The summed E-state index contributed by atoms with van der Waals surface area (Å²) in [6.07, 6.45) is 4.40. The molecule has 1 rings (SSSR count). The summed E-state index contributed by atoms with van der Waals surface area (Å²) in [5.74, 6) is 1.86. The van der Waals surface area contributed by atoms with Crippen molar-refractivity contribution >= 4 is 6.09 Å². The molecule has 0 aromatic carbocycles. The molecule has 0 bridgehead atoms. The maximum atomic E-state index is 12.4. The molecule has 1 heterocycles. The molecule has 21 heavy (non-hydrogen) atoms. The van der Waals surface area contributed by atoms with Crippen LogP contribution in [0, 0.1) is 12.3 Å². The van der Waals surface area contributed by atoms with E-state index in [1.165, 1.54) is 0 Å². The van der Waals surface area contributed by atoms with Crippen molar-refractivity contribution in [3.05, 3.63) is 0 Å². The van der Waals surface area contributed by atoms with Gasteiger partial charge in [0, 0.05) is 6.54 Å². The summed E-state index contributed by atoms with van der Waals surface area (Å²) >= 11 is 0. The standard InChI is InChI=1S/C16H27NO4/c1-9-12-13(11(3)19-16(7,8)20-12)17(10-2)14(18)21-15(4,5)6/h1,11-13H,10H2,2-8H3/t11?,12-,13+/m0/s1. The number of likely N-dealkylation sites (N-methyl/N-ethyl adjacent to an activating group) is 1. The van der Waals surface area contributed by atoms with Gasteiger partial charge in [0.15, 0.2) is 5.79 Å². The first-order valence-corrected chi connectivity index (χ1v) is 7.32. The molecule has 1 fully saturated rings. The van der Waals surface area contributed by atoms with E-state index in [1.54, 1.807) is 4.90 Å². The van der Waals surface area contributed by atoms with E-state index in [1.807, 2.05) is 48.5 Å². The first kappa shape index (κ1) is 17.8. The van der Waals surface area contributed by atoms with Gasteiger partial charge in [-0.3, -0.25) is 4.90 Å². The lowest BCUT2D eigenvalue weighted by Gasteiger charge is -2.47. The summed E-state index contributed by atoms with van der Waals surface area (Å²) < 4.78 is 17.0. The highest BCUT2D eigenvalue weighted by Crippen LogP contribution is 2.30. The fraction of sp³-hybridized carbons (Fsp3) is 0.812. The van der Waals surface area contributed by atoms with Crippen LogP contribution in [0.25, 0.3) is 0 Å². The second-order valence-electron chi connectivity index (χ2n) is 6.68. The van der Waals surface area contributed by atoms with E-state index in [0.29, 0.717) is 6.54 Å². The summed E-state index contributed by atoms with van der Waals surface area (Å²) in [5, 5.41) is 0. The highest BCUT2D eigenvalue weighted by atomic mass is 16.7. The van der Waals surface area contributed by atoms with Gasteiger partial charge in [-0.25, -0.2) is 4.79 Å². The third-order valence-electron chi connectivity index (χ3n) is 3.16. The quantitative estimate of drug-likeness (QED) is 0.735. The van der Waals surface area contributed by atoms with Crippen LogP contribution in [-0.2, 0) is 14.2 Å². The molecule has 0 N–H and O–H groups in total. The number of hydrogen-bond acceptors (Lipinski definition) is 4. The highest BCUT2D eigenvalue weighted by molar-refractivity contribution is 5.68. The summed E-state index contributed by atoms with van der Waals surface area (Å²) in [7, 11) is 0. The van der Waals surface area contributed by atoms with Crippen LogP contribution in [0.5, 0.6) is 0 Å². The fourth-order valence-electron chi connectivity index (χ4n) is 2.50. The van der Waals surface area contributed by atoms with Gasteiger partial charge in [0.2, 0.25) is 0 Å². The highest BCUT2D eigenvalue weighted by Gasteiger charge is 2.45. The third-order valence-corrected chi connectivity index (χ3v) is 3.16. The zero-order valence-electron chi connectivity index (χ0n) is 14.1. The molecule has 1 saturated heterocycles. The number of rotatable bonds is 2. The summed E-state index contributed by atoms with van der Waals surface area (Å²) in [6, 6.07) is -0.372. The van der Waals surface area contributed by atoms with Crippen LogP contribution < -0.4 is 0 Å². The molecule has 0 spiro atoms. The lowest BCUT2D eigenvalue weighted by molar-refractivity contribution is -0.304. The molecule has 1 amide bonds. The van der Waals surface area contributed by atoms with E-state index in [9.17, 15) is 4.79 Å². The van der Waals surface area contributed by atoms with Gasteiger partial charge in [0.1, 0.15) is 11.7 Å². The fourth-order valence-corrected chi connectivity index (χ4v) is 2.50. The topological polar surface area (TPSA) is 48.0 Å². The average Bonchev–Trinajstić information content (AvgIpc) is 2.28. The Balaban J connectivity index is 2.98. The predicted molar refractivity (Wildman–Crippen MR) is 80.7 cm³/mol. The Kier molecular flexibility index (Phi) is 5.30. The Morgan fingerprint density at radius 3 is 2.38 bits per heavy atom. The Morgan fingerprint density at radius 2 is 1.95 bits per heavy atom. The van der Waals surface area contributed by atoms with Crippen molar-refractivity contribution in [2.45, 2.75) is 78.1 Å². The van der Waals surface area contributed by atoms with Crippen molar-refractivity contribution in [2.75, 3.05) is 6.54 Å². The van der Waals surface area contributed by atoms with Gasteiger partial charge in [-0.1, -0.05) is 5.92 Å². The van der Waals surface area contributed by atoms with Crippen LogP contribution in [-0.4, -0.2) is 47.2 Å². The number of amides is 1. The molecule has 0 radical (unpaired) electrons. The largest absolute Gasteiger partial charge is 0.444 e. The number of ether oxygens (including phenoxy) is 3. The number of hydrogen-bond donors (Lipinski definition) is 0. The second kappa shape index (κ2) is 6.25. The lowest BCUT2D eigenvalue weighted by atomic mass is 10.0. The number of carbonyl (C=O) groups is 1. The molecule has 0 aromatic rings. The molecule has 0 aromatic heterocycles. The Hall–Kier alpha value is -1.25. The monoisotopic (exact) mass is 297 g/mol. The Bertz CT molecular complexity index is 419. The molecule has 3 atom stereocenters. The molecular formula is C16H27NO4. The zero-order valence-corrected chi connectivity index (χ0v) is 14.1. The smallest absolute Gasteiger partial charge is 0.410 e. The first-order chi connectivity index (χ1) is 9.50. The van der Waals surface area contributed by atoms with Crippen molar-refractivity contribution in [1.29, 1.82) is 0 Å². The summed E-state index contributed by atoms with van der Waals surface area (Å²) in [5.41, 5.74) is -0.560. The van der Waals surface area contributed by atoms with Gasteiger partial charge < -0.3 is 14.2 Å². The molecule has 5 heteroatoms. The van der Waals surface area contributed by atoms with Gasteiger partial charge in [0.25, 0.3) is 0 Å². The minimum atomic E-state index is -0.764. The third kappa shape index (κ3) is 4.62. The minimum absolute atomic E-state index is 0.248. The Labute approximate surface area is 127 Å². The predicted octanol–water partition coefficient (Wildman–Crippen LogP) is 2.79. The van der Waals surface area contributed by atoms with E-state index < -0.39 is 23.6 Å². The van der Waals surface area contributed by atoms with Crippen LogP contribution in [0.3, 0.4) is 0 Å². The van der Waals surface area contributed by atoms with Crippen LogP contribution in [0.2, 0.25) is 0 Å². The zero-order chi connectivity index (χ0) is 16.4. The van der Waals surface area contributed by atoms with E-state index in [-0.39, 0.29) is 12.1 Å². The van der Waals surface area contributed by atoms with Crippen molar-refractivity contribution in [3.8, 4) is 12.3 Å². The van der Waals surface area contributed by atoms with Crippen LogP contribution in [0.4, 0.5) is 4.79 Å². The normalized spacial score (nSPS) is 28.6. The molecule has 0 saturated carbocycles. The van der Waals surface area contributed by atoms with Crippen molar-refractivity contribution < 1.29 is 19.0 Å². The van der Waals surface area contributed by atoms with Crippen molar-refractivity contribution in [3.63, 3.8) is 0 Å². The van der Waals surface area contributed by atoms with E-state index >= 15 is 0 Å². The van der Waals surface area contributed by atoms with Crippen molar-refractivity contribution in [1.82, 2.24) is 4.90 Å². The van der Waals surface area contributed by atoms with Crippen molar-refractivity contribution in [2.24, 2.45) is 0 Å². The minimum Gasteiger partial charge on any atom is -0.444 e. The molecule has 1 aliphatic heterocycles. The maximum absolute atomic E-state index is 12.4. The van der Waals surface area contributed by atoms with Gasteiger partial charge in [-0.05, 0) is 48.5 Å². The molecule has 1 aliphatic rings. The van der Waals surface area contributed by atoms with E-state index in [0.717, 1.165) is 0 Å². The second-order valence-corrected chi connectivity index (χ2v) is 6.68. The summed E-state index contributed by atoms with van der Waals surface area (Å²) in [6.45, 7) is 13.4. The average molecular weight is 297 g/mol. The van der Waals surface area contributed by atoms with Gasteiger partial charge in [0.05, 0.1) is 12.1 Å². The molecule has 120 valence electrons. The maximum Gasteiger partial charge on any atom is 0.410 e. The number of nitrogens with zero attached hydrogens (tertiary/aromatic N) is 1. The van der Waals surface area contributed by atoms with Gasteiger partial charge in [-0.15, -0.1) is 6.42 Å². The molecule has 1 unspecified atom stereocenters. The van der Waals surface area contributed by atoms with Crippen LogP contribution >= 0.6 is 0 Å². The molecule has 0 aliphatic carbocycles.